The highest BCUT2D eigenvalue weighted by molar-refractivity contribution is 6.38. The molecule has 0 saturated heterocycles. The number of amides is 3. The molecule has 1 aliphatic rings. The number of nitrogens with two attached hydrogens (primary N) is 1. The van der Waals surface area contributed by atoms with Crippen LogP contribution in [-0.2, 0) is 9.59 Å². The molecule has 7 nitrogen and oxygen atoms in total. The minimum Gasteiger partial charge on any atom is -0.288 e. The summed E-state index contributed by atoms with van der Waals surface area (Å²) in [5.74, 6) is 1.61. The van der Waals surface area contributed by atoms with Crippen LogP contribution in [0.1, 0.15) is 20.7 Å². The minimum atomic E-state index is -1.05. The van der Waals surface area contributed by atoms with Gasteiger partial charge in [0.1, 0.15) is 0 Å². The van der Waals surface area contributed by atoms with Gasteiger partial charge in [0.25, 0.3) is 11.8 Å². The van der Waals surface area contributed by atoms with Gasteiger partial charge in [-0.15, -0.1) is 0 Å². The molecule has 1 heterocycles. The summed E-state index contributed by atoms with van der Waals surface area (Å²) >= 11 is 0. The second-order valence-electron chi connectivity index (χ2n) is 3.64. The number of benzene rings is 1. The van der Waals surface area contributed by atoms with E-state index in [-0.39, 0.29) is 11.1 Å². The average molecular weight is 247 g/mol. The van der Waals surface area contributed by atoms with Crippen LogP contribution in [0.4, 0.5) is 0 Å². The van der Waals surface area contributed by atoms with E-state index in [2.05, 4.69) is 0 Å². The van der Waals surface area contributed by atoms with Crippen molar-refractivity contribution in [3.63, 3.8) is 0 Å². The second kappa shape index (κ2) is 4.38. The molecule has 0 atom stereocenters. The first-order chi connectivity index (χ1) is 8.56. The smallest absolute Gasteiger partial charge is 0.288 e. The largest absolute Gasteiger partial charge is 0.303 e. The number of Topliss-reactive ketones (excluding diaryl/α,β-unsaturated/α-hetero) is 1. The Hall–Kier alpha value is -2.54. The lowest BCUT2D eigenvalue weighted by molar-refractivity contribution is -0.138. The number of hydrogen-bond acceptors (Lipinski definition) is 5. The lowest BCUT2D eigenvalue weighted by Gasteiger charge is -2.11. The first kappa shape index (κ1) is 11.9. The molecule has 0 bridgehead atoms. The van der Waals surface area contributed by atoms with Crippen molar-refractivity contribution in [2.45, 2.75) is 0 Å². The monoisotopic (exact) mass is 247 g/mol. The maximum atomic E-state index is 11.8. The summed E-state index contributed by atoms with van der Waals surface area (Å²) < 4.78 is 0. The fourth-order valence-corrected chi connectivity index (χ4v) is 1.68. The van der Waals surface area contributed by atoms with E-state index in [9.17, 15) is 19.2 Å². The van der Waals surface area contributed by atoms with Gasteiger partial charge in [-0.2, -0.15) is 0 Å². The zero-order valence-electron chi connectivity index (χ0n) is 9.17. The number of fused-ring (bicyclic) bond motifs is 1. The van der Waals surface area contributed by atoms with Crippen LogP contribution in [-0.4, -0.2) is 34.9 Å². The molecule has 7 heteroatoms. The van der Waals surface area contributed by atoms with Crippen LogP contribution in [0, 0.1) is 0 Å². The van der Waals surface area contributed by atoms with Crippen LogP contribution in [0.3, 0.4) is 0 Å². The SMILES string of the molecule is NNC(=O)C(=O)CN1C(=O)c2ccccc2C1=O. The summed E-state index contributed by atoms with van der Waals surface area (Å²) in [6.45, 7) is -0.616. The molecule has 3 amide bonds. The highest BCUT2D eigenvalue weighted by Gasteiger charge is 2.37. The first-order valence-electron chi connectivity index (χ1n) is 5.05. The van der Waals surface area contributed by atoms with Crippen molar-refractivity contribution in [3.05, 3.63) is 35.4 Å². The molecular weight excluding hydrogens is 238 g/mol. The van der Waals surface area contributed by atoms with Crippen LogP contribution < -0.4 is 11.3 Å². The van der Waals surface area contributed by atoms with Gasteiger partial charge in [0.05, 0.1) is 17.7 Å². The number of carbonyl (C=O) groups excluding carboxylic acids is 4. The highest BCUT2D eigenvalue weighted by Crippen LogP contribution is 2.21. The standard InChI is InChI=1S/C11H9N3O4/c12-13-9(16)8(15)5-14-10(17)6-3-1-2-4-7(6)11(14)18/h1-4H,5,12H2,(H,13,16). The number of imide groups is 1. The number of nitrogens with zero attached hydrogens (tertiary/aromatic N) is 1. The lowest BCUT2D eigenvalue weighted by atomic mass is 10.1. The number of carbonyl (C=O) groups is 4. The van der Waals surface area contributed by atoms with Crippen molar-refractivity contribution in [1.29, 1.82) is 0 Å². The molecule has 2 rings (SSSR count). The normalized spacial score (nSPS) is 13.5. The first-order valence-corrected chi connectivity index (χ1v) is 5.05. The van der Waals surface area contributed by atoms with Gasteiger partial charge in [-0.3, -0.25) is 29.5 Å². The van der Waals surface area contributed by atoms with Gasteiger partial charge < -0.3 is 0 Å². The summed E-state index contributed by atoms with van der Waals surface area (Å²) in [4.78, 5) is 46.7. The predicted molar refractivity (Wildman–Crippen MR) is 59.1 cm³/mol. The minimum absolute atomic E-state index is 0.225. The van der Waals surface area contributed by atoms with Gasteiger partial charge in [-0.1, -0.05) is 12.1 Å². The van der Waals surface area contributed by atoms with E-state index < -0.39 is 30.0 Å². The zero-order valence-corrected chi connectivity index (χ0v) is 9.17. The third-order valence-corrected chi connectivity index (χ3v) is 2.56. The fraction of sp³-hybridized carbons (Fsp3) is 0.0909. The topological polar surface area (TPSA) is 110 Å². The summed E-state index contributed by atoms with van der Waals surface area (Å²) in [5.41, 5.74) is 2.10. The molecular formula is C11H9N3O4. The van der Waals surface area contributed by atoms with Crippen LogP contribution in [0.25, 0.3) is 0 Å². The van der Waals surface area contributed by atoms with Gasteiger partial charge in [-0.05, 0) is 12.1 Å². The number of hydrogen-bond donors (Lipinski definition) is 2. The third-order valence-electron chi connectivity index (χ3n) is 2.56. The van der Waals surface area contributed by atoms with E-state index >= 15 is 0 Å². The van der Waals surface area contributed by atoms with Gasteiger partial charge in [0.2, 0.25) is 5.78 Å². The van der Waals surface area contributed by atoms with E-state index in [1.54, 1.807) is 17.6 Å². The Bertz CT molecular complexity index is 532. The molecule has 0 unspecified atom stereocenters. The second-order valence-corrected chi connectivity index (χ2v) is 3.64. The van der Waals surface area contributed by atoms with Gasteiger partial charge in [0.15, 0.2) is 0 Å². The molecule has 0 saturated carbocycles. The number of hydrazine groups is 1. The summed E-state index contributed by atoms with van der Waals surface area (Å²) in [6, 6.07) is 6.20. The summed E-state index contributed by atoms with van der Waals surface area (Å²) in [7, 11) is 0. The Morgan fingerprint density at radius 3 is 2.06 bits per heavy atom. The van der Waals surface area contributed by atoms with Crippen LogP contribution in [0.5, 0.6) is 0 Å². The van der Waals surface area contributed by atoms with Crippen LogP contribution in [0.2, 0.25) is 0 Å². The van der Waals surface area contributed by atoms with Gasteiger partial charge in [-0.25, -0.2) is 5.84 Å². The summed E-state index contributed by atoms with van der Waals surface area (Å²) in [6.07, 6.45) is 0. The molecule has 1 aromatic rings. The van der Waals surface area contributed by atoms with Crippen molar-refractivity contribution in [3.8, 4) is 0 Å². The van der Waals surface area contributed by atoms with Crippen molar-refractivity contribution in [2.75, 3.05) is 6.54 Å². The number of ketones is 1. The number of rotatable bonds is 3. The number of nitrogens with one attached hydrogen (secondary N) is 1. The van der Waals surface area contributed by atoms with E-state index in [4.69, 9.17) is 5.84 Å². The van der Waals surface area contributed by atoms with Crippen molar-refractivity contribution >= 4 is 23.5 Å². The van der Waals surface area contributed by atoms with E-state index in [0.717, 1.165) is 4.90 Å². The molecule has 0 spiro atoms. The van der Waals surface area contributed by atoms with Crippen LogP contribution >= 0.6 is 0 Å². The summed E-state index contributed by atoms with van der Waals surface area (Å²) in [5, 5.41) is 0. The van der Waals surface area contributed by atoms with Gasteiger partial charge in [0, 0.05) is 0 Å². The molecule has 0 aromatic heterocycles. The zero-order chi connectivity index (χ0) is 13.3. The third kappa shape index (κ3) is 1.76. The quantitative estimate of drug-likeness (QED) is 0.230. The molecule has 18 heavy (non-hydrogen) atoms. The maximum absolute atomic E-state index is 11.8. The predicted octanol–water partition coefficient (Wildman–Crippen LogP) is -1.16. The Morgan fingerprint density at radius 2 is 1.61 bits per heavy atom. The van der Waals surface area contributed by atoms with Crippen molar-refractivity contribution in [1.82, 2.24) is 10.3 Å². The lowest BCUT2D eigenvalue weighted by Crippen LogP contribution is -2.43. The fourth-order valence-electron chi connectivity index (χ4n) is 1.68. The van der Waals surface area contributed by atoms with E-state index in [1.807, 2.05) is 0 Å². The highest BCUT2D eigenvalue weighted by atomic mass is 16.2. The Balaban J connectivity index is 2.24. The molecule has 3 N–H and O–H groups in total. The molecule has 0 aliphatic carbocycles. The molecule has 0 fully saturated rings. The van der Waals surface area contributed by atoms with E-state index in [0.29, 0.717) is 0 Å². The van der Waals surface area contributed by atoms with Crippen molar-refractivity contribution in [2.24, 2.45) is 5.84 Å². The van der Waals surface area contributed by atoms with E-state index in [1.165, 1.54) is 12.1 Å². The maximum Gasteiger partial charge on any atom is 0.303 e. The van der Waals surface area contributed by atoms with Crippen molar-refractivity contribution < 1.29 is 19.2 Å². The Morgan fingerprint density at radius 1 is 1.11 bits per heavy atom. The molecule has 92 valence electrons. The Labute approximate surface area is 102 Å². The average Bonchev–Trinajstić information content (AvgIpc) is 2.63. The molecule has 1 aromatic carbocycles. The Kier molecular flexibility index (Phi) is 2.90. The van der Waals surface area contributed by atoms with Gasteiger partial charge >= 0.3 is 5.91 Å². The van der Waals surface area contributed by atoms with Crippen LogP contribution in [0.15, 0.2) is 24.3 Å². The molecule has 0 radical (unpaired) electrons. The molecule has 1 aliphatic heterocycles.